The van der Waals surface area contributed by atoms with Crippen LogP contribution in [0.25, 0.3) is 0 Å². The molecule has 0 aromatic carbocycles. The Hall–Kier alpha value is -2.18. The summed E-state index contributed by atoms with van der Waals surface area (Å²) >= 11 is 0. The zero-order valence-corrected chi connectivity index (χ0v) is 54.5. The van der Waals surface area contributed by atoms with Gasteiger partial charge in [-0.1, -0.05) is 339 Å². The van der Waals surface area contributed by atoms with Crippen LogP contribution in [0.1, 0.15) is 393 Å². The predicted molar refractivity (Wildman–Crippen MR) is 356 cm³/mol. The molecule has 0 aromatic rings. The van der Waals surface area contributed by atoms with Crippen molar-refractivity contribution >= 4 is 11.9 Å². The van der Waals surface area contributed by atoms with E-state index in [1.807, 2.05) is 6.08 Å². The molecule has 1 amide bonds. The van der Waals surface area contributed by atoms with Crippen molar-refractivity contribution in [2.45, 2.75) is 405 Å². The molecule has 0 saturated carbocycles. The molecule has 0 heterocycles. The number of amides is 1. The number of carbonyl (C=O) groups is 2. The maximum Gasteiger partial charge on any atom is 0.305 e. The number of allylic oxidation sites excluding steroid dienone is 7. The number of nitrogens with one attached hydrogen (secondary N) is 1. The SMILES string of the molecule is CCCCC/C=C\C/C=C\CCCCCCCCCCCC(=O)OCCCCCCCCCCCCCC/C=C\CCCCCCCCCCCCC(=O)NC(CO)C(O)/C=C/CCCCCCCCCCCCCCCCCCC. The lowest BCUT2D eigenvalue weighted by atomic mass is 10.0. The molecule has 0 rings (SSSR count). The topological polar surface area (TPSA) is 95.9 Å². The van der Waals surface area contributed by atoms with E-state index in [1.165, 1.54) is 315 Å². The Morgan fingerprint density at radius 3 is 0.975 bits per heavy atom. The summed E-state index contributed by atoms with van der Waals surface area (Å²) in [6.07, 6.45) is 91.9. The summed E-state index contributed by atoms with van der Waals surface area (Å²) in [4.78, 5) is 24.6. The summed E-state index contributed by atoms with van der Waals surface area (Å²) in [5, 5.41) is 23.2. The first-order valence-electron chi connectivity index (χ1n) is 36.4. The minimum absolute atomic E-state index is 0.0105. The van der Waals surface area contributed by atoms with Crippen LogP contribution in [0, 0.1) is 0 Å². The Morgan fingerprint density at radius 2 is 0.617 bits per heavy atom. The lowest BCUT2D eigenvalue weighted by molar-refractivity contribution is -0.143. The van der Waals surface area contributed by atoms with Gasteiger partial charge in [-0.05, 0) is 89.9 Å². The number of carbonyl (C=O) groups excluding carboxylic acids is 2. The van der Waals surface area contributed by atoms with E-state index in [0.717, 1.165) is 51.4 Å². The van der Waals surface area contributed by atoms with Gasteiger partial charge < -0.3 is 20.3 Å². The van der Waals surface area contributed by atoms with Crippen LogP contribution in [-0.4, -0.2) is 47.4 Å². The number of hydrogen-bond donors (Lipinski definition) is 3. The number of aliphatic hydroxyl groups excluding tert-OH is 2. The highest BCUT2D eigenvalue weighted by Crippen LogP contribution is 2.18. The third kappa shape index (κ3) is 66.8. The minimum Gasteiger partial charge on any atom is -0.466 e. The number of esters is 1. The maximum atomic E-state index is 12.5. The Morgan fingerprint density at radius 1 is 0.346 bits per heavy atom. The average Bonchev–Trinajstić information content (AvgIpc) is 3.47. The van der Waals surface area contributed by atoms with Gasteiger partial charge in [0.25, 0.3) is 0 Å². The van der Waals surface area contributed by atoms with Crippen molar-refractivity contribution in [2.24, 2.45) is 0 Å². The molecule has 0 aliphatic heterocycles. The molecular formula is C75H141NO5. The summed E-state index contributed by atoms with van der Waals surface area (Å²) in [5.41, 5.74) is 0. The fraction of sp³-hybridized carbons (Fsp3) is 0.867. The molecule has 0 fully saturated rings. The molecule has 0 saturated heterocycles. The first kappa shape index (κ1) is 78.8. The smallest absolute Gasteiger partial charge is 0.305 e. The van der Waals surface area contributed by atoms with Crippen molar-refractivity contribution in [3.8, 4) is 0 Å². The highest BCUT2D eigenvalue weighted by molar-refractivity contribution is 5.76. The van der Waals surface area contributed by atoms with Crippen LogP contribution in [0.4, 0.5) is 0 Å². The summed E-state index contributed by atoms with van der Waals surface area (Å²) < 4.78 is 5.51. The van der Waals surface area contributed by atoms with Gasteiger partial charge in [0, 0.05) is 12.8 Å². The summed E-state index contributed by atoms with van der Waals surface area (Å²) in [6, 6.07) is -0.631. The van der Waals surface area contributed by atoms with Gasteiger partial charge in [-0.3, -0.25) is 9.59 Å². The molecule has 81 heavy (non-hydrogen) atoms. The first-order valence-corrected chi connectivity index (χ1v) is 36.4. The van der Waals surface area contributed by atoms with E-state index in [9.17, 15) is 19.8 Å². The third-order valence-corrected chi connectivity index (χ3v) is 16.8. The number of aliphatic hydroxyl groups is 2. The number of rotatable bonds is 68. The maximum absolute atomic E-state index is 12.5. The monoisotopic (exact) mass is 1140 g/mol. The average molecular weight is 1140 g/mol. The van der Waals surface area contributed by atoms with Crippen LogP contribution in [-0.2, 0) is 14.3 Å². The van der Waals surface area contributed by atoms with Crippen molar-refractivity contribution < 1.29 is 24.5 Å². The molecule has 2 unspecified atom stereocenters. The molecule has 0 aromatic heterocycles. The van der Waals surface area contributed by atoms with Gasteiger partial charge >= 0.3 is 5.97 Å². The Balaban J connectivity index is 3.40. The molecule has 0 aliphatic rings. The van der Waals surface area contributed by atoms with Crippen LogP contribution in [0.3, 0.4) is 0 Å². The van der Waals surface area contributed by atoms with Crippen molar-refractivity contribution in [1.29, 1.82) is 0 Å². The van der Waals surface area contributed by atoms with Gasteiger partial charge in [-0.25, -0.2) is 0 Å². The van der Waals surface area contributed by atoms with Crippen molar-refractivity contribution in [3.63, 3.8) is 0 Å². The Bertz CT molecular complexity index is 1360. The van der Waals surface area contributed by atoms with Crippen LogP contribution in [0.5, 0.6) is 0 Å². The predicted octanol–water partition coefficient (Wildman–Crippen LogP) is 23.6. The number of hydrogen-bond acceptors (Lipinski definition) is 5. The van der Waals surface area contributed by atoms with Gasteiger partial charge in [-0.2, -0.15) is 0 Å². The molecule has 6 nitrogen and oxygen atoms in total. The van der Waals surface area contributed by atoms with E-state index >= 15 is 0 Å². The highest BCUT2D eigenvalue weighted by Gasteiger charge is 2.18. The summed E-state index contributed by atoms with van der Waals surface area (Å²) in [5.74, 6) is -0.0565. The molecule has 0 spiro atoms. The second-order valence-corrected chi connectivity index (χ2v) is 24.9. The molecule has 3 N–H and O–H groups in total. The molecule has 476 valence electrons. The van der Waals surface area contributed by atoms with Gasteiger partial charge in [0.15, 0.2) is 0 Å². The van der Waals surface area contributed by atoms with E-state index in [1.54, 1.807) is 6.08 Å². The third-order valence-electron chi connectivity index (χ3n) is 16.8. The van der Waals surface area contributed by atoms with E-state index in [4.69, 9.17) is 4.74 Å². The minimum atomic E-state index is -0.847. The fourth-order valence-corrected chi connectivity index (χ4v) is 11.3. The van der Waals surface area contributed by atoms with Gasteiger partial charge in [-0.15, -0.1) is 0 Å². The van der Waals surface area contributed by atoms with Crippen LogP contribution >= 0.6 is 0 Å². The van der Waals surface area contributed by atoms with Crippen molar-refractivity contribution in [3.05, 3.63) is 48.6 Å². The van der Waals surface area contributed by atoms with Crippen LogP contribution in [0.2, 0.25) is 0 Å². The molecule has 6 heteroatoms. The lowest BCUT2D eigenvalue weighted by Gasteiger charge is -2.20. The summed E-state index contributed by atoms with van der Waals surface area (Å²) in [6.45, 7) is 4.91. The highest BCUT2D eigenvalue weighted by atomic mass is 16.5. The number of unbranched alkanes of at least 4 members (excludes halogenated alkanes) is 51. The van der Waals surface area contributed by atoms with E-state index in [2.05, 4.69) is 55.6 Å². The second kappa shape index (κ2) is 70.3. The van der Waals surface area contributed by atoms with Crippen LogP contribution in [0.15, 0.2) is 48.6 Å². The summed E-state index contributed by atoms with van der Waals surface area (Å²) in [7, 11) is 0. The Kier molecular flexibility index (Phi) is 68.4. The lowest BCUT2D eigenvalue weighted by Crippen LogP contribution is -2.45. The van der Waals surface area contributed by atoms with Gasteiger partial charge in [0.1, 0.15) is 0 Å². The second-order valence-electron chi connectivity index (χ2n) is 24.9. The van der Waals surface area contributed by atoms with Gasteiger partial charge in [0.2, 0.25) is 5.91 Å². The van der Waals surface area contributed by atoms with E-state index in [0.29, 0.717) is 19.4 Å². The van der Waals surface area contributed by atoms with E-state index < -0.39 is 12.1 Å². The first-order chi connectivity index (χ1) is 40.0. The molecular weight excluding hydrogens is 995 g/mol. The molecule has 0 bridgehead atoms. The Labute approximate surface area is 506 Å². The number of ether oxygens (including phenoxy) is 1. The molecule has 0 radical (unpaired) electrons. The quantitative estimate of drug-likeness (QED) is 0.0320. The largest absolute Gasteiger partial charge is 0.466 e. The fourth-order valence-electron chi connectivity index (χ4n) is 11.3. The molecule has 2 atom stereocenters. The zero-order chi connectivity index (χ0) is 58.5. The van der Waals surface area contributed by atoms with Gasteiger partial charge in [0.05, 0.1) is 25.4 Å². The normalized spacial score (nSPS) is 12.8. The van der Waals surface area contributed by atoms with Crippen molar-refractivity contribution in [2.75, 3.05) is 13.2 Å². The van der Waals surface area contributed by atoms with E-state index in [-0.39, 0.29) is 18.5 Å². The van der Waals surface area contributed by atoms with Crippen molar-refractivity contribution in [1.82, 2.24) is 5.32 Å². The van der Waals surface area contributed by atoms with Crippen LogP contribution < -0.4 is 5.32 Å². The standard InChI is InChI=1S/C75H141NO5/c1-3-5-7-9-11-13-15-17-19-21-31-35-39-43-47-51-55-59-63-67-73(78)72(71-77)76-74(79)68-64-60-56-52-48-44-40-36-33-29-27-25-23-24-26-28-30-34-38-42-46-50-54-58-62-66-70-81-75(80)69-65-61-57-53-49-45-41-37-32-22-20-18-16-14-12-10-8-6-4-2/h12,14,18,20,23,25,63,67,72-73,77-78H,3-11,13,15-17,19,21-22,24,26-62,64-66,68-71H2,1-2H3,(H,76,79)/b14-12-,20-18-,25-23-,67-63+. The molecule has 0 aliphatic carbocycles. The zero-order valence-electron chi connectivity index (χ0n) is 54.5.